The fourth-order valence-corrected chi connectivity index (χ4v) is 3.54. The van der Waals surface area contributed by atoms with Crippen molar-refractivity contribution < 1.29 is 4.79 Å². The molecule has 1 saturated carbocycles. The first-order valence-corrected chi connectivity index (χ1v) is 8.52. The lowest BCUT2D eigenvalue weighted by Crippen LogP contribution is -2.43. The quantitative estimate of drug-likeness (QED) is 0.817. The molecule has 108 valence electrons. The minimum absolute atomic E-state index is 0.301. The number of hydrogen-bond acceptors (Lipinski definition) is 3. The van der Waals surface area contributed by atoms with Crippen LogP contribution in [0.3, 0.4) is 0 Å². The molecule has 20 heavy (non-hydrogen) atoms. The highest BCUT2D eigenvalue weighted by atomic mass is 32.2. The first-order valence-electron chi connectivity index (χ1n) is 7.53. The van der Waals surface area contributed by atoms with Crippen LogP contribution in [0.5, 0.6) is 0 Å². The summed E-state index contributed by atoms with van der Waals surface area (Å²) in [5, 5.41) is 3.50. The molecular formula is C16H22N2OS. The number of benzene rings is 1. The van der Waals surface area contributed by atoms with Crippen molar-refractivity contribution >= 4 is 17.7 Å². The number of carbonyl (C=O) groups excluding carboxylic acids is 1. The molecule has 2 aliphatic rings. The van der Waals surface area contributed by atoms with Crippen LogP contribution in [-0.4, -0.2) is 41.7 Å². The highest BCUT2D eigenvalue weighted by molar-refractivity contribution is 8.00. The summed E-state index contributed by atoms with van der Waals surface area (Å²) in [5.41, 5.74) is 0. The number of nitrogens with one attached hydrogen (secondary N) is 1. The number of carbonyl (C=O) groups is 1. The molecule has 1 aliphatic heterocycles. The number of amides is 1. The van der Waals surface area contributed by atoms with Crippen molar-refractivity contribution in [1.29, 1.82) is 0 Å². The Hall–Kier alpha value is -1.00. The maximum absolute atomic E-state index is 12.5. The number of hydrogen-bond donors (Lipinski definition) is 1. The molecule has 1 N–H and O–H groups in total. The molecule has 0 spiro atoms. The molecule has 1 unspecified atom stereocenters. The molecule has 3 nitrogen and oxygen atoms in total. The van der Waals surface area contributed by atoms with Gasteiger partial charge in [-0.3, -0.25) is 4.79 Å². The van der Waals surface area contributed by atoms with Crippen LogP contribution in [-0.2, 0) is 4.79 Å². The predicted octanol–water partition coefficient (Wildman–Crippen LogP) is 2.52. The third kappa shape index (κ3) is 3.76. The van der Waals surface area contributed by atoms with Crippen LogP contribution in [0.1, 0.15) is 25.7 Å². The summed E-state index contributed by atoms with van der Waals surface area (Å²) in [4.78, 5) is 15.8. The van der Waals surface area contributed by atoms with Gasteiger partial charge < -0.3 is 10.2 Å². The summed E-state index contributed by atoms with van der Waals surface area (Å²) in [6.07, 6.45) is 4.83. The highest BCUT2D eigenvalue weighted by Gasteiger charge is 2.34. The van der Waals surface area contributed by atoms with E-state index in [1.54, 1.807) is 11.8 Å². The molecule has 0 radical (unpaired) electrons. The molecule has 0 aromatic heterocycles. The van der Waals surface area contributed by atoms with Crippen LogP contribution in [0.4, 0.5) is 0 Å². The summed E-state index contributed by atoms with van der Waals surface area (Å²) in [6, 6.07) is 11.2. The Balaban J connectivity index is 1.52. The van der Waals surface area contributed by atoms with Crippen molar-refractivity contribution in [2.75, 3.05) is 18.8 Å². The van der Waals surface area contributed by atoms with Crippen molar-refractivity contribution in [3.63, 3.8) is 0 Å². The van der Waals surface area contributed by atoms with E-state index in [9.17, 15) is 4.79 Å². The summed E-state index contributed by atoms with van der Waals surface area (Å²) in [6.45, 7) is 2.01. The molecule has 4 heteroatoms. The van der Waals surface area contributed by atoms with E-state index in [0.29, 0.717) is 23.7 Å². The Morgan fingerprint density at radius 1 is 1.25 bits per heavy atom. The first-order chi connectivity index (χ1) is 9.83. The molecule has 2 fully saturated rings. The SMILES string of the molecule is O=C(CSc1ccccc1)N(CC1CCCN1)C1CC1. The molecule has 1 aromatic carbocycles. The van der Waals surface area contributed by atoms with Crippen LogP contribution in [0.2, 0.25) is 0 Å². The average molecular weight is 290 g/mol. The van der Waals surface area contributed by atoms with Gasteiger partial charge in [0.2, 0.25) is 5.91 Å². The lowest BCUT2D eigenvalue weighted by Gasteiger charge is -2.25. The fraction of sp³-hybridized carbons (Fsp3) is 0.562. The minimum Gasteiger partial charge on any atom is -0.337 e. The van der Waals surface area contributed by atoms with Crippen molar-refractivity contribution in [3.05, 3.63) is 30.3 Å². The second-order valence-corrected chi connectivity index (χ2v) is 6.72. The van der Waals surface area contributed by atoms with Crippen molar-refractivity contribution in [1.82, 2.24) is 10.2 Å². The second-order valence-electron chi connectivity index (χ2n) is 5.67. The van der Waals surface area contributed by atoms with Crippen LogP contribution in [0, 0.1) is 0 Å². The van der Waals surface area contributed by atoms with Crippen LogP contribution in [0.15, 0.2) is 35.2 Å². The third-order valence-corrected chi connectivity index (χ3v) is 4.99. The number of nitrogens with zero attached hydrogens (tertiary/aromatic N) is 1. The van der Waals surface area contributed by atoms with Crippen LogP contribution < -0.4 is 5.32 Å². The van der Waals surface area contributed by atoms with Gasteiger partial charge in [-0.05, 0) is 44.4 Å². The van der Waals surface area contributed by atoms with E-state index < -0.39 is 0 Å². The van der Waals surface area contributed by atoms with E-state index in [1.165, 1.54) is 30.6 Å². The van der Waals surface area contributed by atoms with Crippen LogP contribution in [0.25, 0.3) is 0 Å². The van der Waals surface area contributed by atoms with E-state index in [-0.39, 0.29) is 0 Å². The molecule has 1 amide bonds. The third-order valence-electron chi connectivity index (χ3n) is 3.99. The molecule has 0 bridgehead atoms. The largest absolute Gasteiger partial charge is 0.337 e. The van der Waals surface area contributed by atoms with E-state index in [2.05, 4.69) is 22.3 Å². The van der Waals surface area contributed by atoms with E-state index in [4.69, 9.17) is 0 Å². The van der Waals surface area contributed by atoms with Gasteiger partial charge in [0.15, 0.2) is 0 Å². The smallest absolute Gasteiger partial charge is 0.233 e. The zero-order valence-corrected chi connectivity index (χ0v) is 12.6. The summed E-state index contributed by atoms with van der Waals surface area (Å²) >= 11 is 1.65. The van der Waals surface area contributed by atoms with Crippen molar-refractivity contribution in [3.8, 4) is 0 Å². The lowest BCUT2D eigenvalue weighted by molar-refractivity contribution is -0.129. The summed E-state index contributed by atoms with van der Waals surface area (Å²) in [5.74, 6) is 0.864. The fourth-order valence-electron chi connectivity index (χ4n) is 2.74. The monoisotopic (exact) mass is 290 g/mol. The molecule has 1 saturated heterocycles. The summed E-state index contributed by atoms with van der Waals surface area (Å²) in [7, 11) is 0. The van der Waals surface area contributed by atoms with Gasteiger partial charge in [-0.1, -0.05) is 18.2 Å². The molecule has 3 rings (SSSR count). The van der Waals surface area contributed by atoms with Gasteiger partial charge in [-0.2, -0.15) is 0 Å². The van der Waals surface area contributed by atoms with E-state index >= 15 is 0 Å². The number of thioether (sulfide) groups is 1. The topological polar surface area (TPSA) is 32.3 Å². The van der Waals surface area contributed by atoms with Crippen molar-refractivity contribution in [2.45, 2.75) is 42.7 Å². The Bertz CT molecular complexity index is 441. The van der Waals surface area contributed by atoms with Crippen molar-refractivity contribution in [2.24, 2.45) is 0 Å². The molecular weight excluding hydrogens is 268 g/mol. The summed E-state index contributed by atoms with van der Waals surface area (Å²) < 4.78 is 0. The maximum Gasteiger partial charge on any atom is 0.233 e. The zero-order chi connectivity index (χ0) is 13.8. The Labute approximate surface area is 125 Å². The highest BCUT2D eigenvalue weighted by Crippen LogP contribution is 2.29. The van der Waals surface area contributed by atoms with Gasteiger partial charge in [0.05, 0.1) is 5.75 Å². The molecule has 1 aliphatic carbocycles. The van der Waals surface area contributed by atoms with Gasteiger partial charge in [0.1, 0.15) is 0 Å². The Morgan fingerprint density at radius 2 is 2.05 bits per heavy atom. The normalized spacial score (nSPS) is 21.9. The lowest BCUT2D eigenvalue weighted by atomic mass is 10.2. The minimum atomic E-state index is 0.301. The Morgan fingerprint density at radius 3 is 2.70 bits per heavy atom. The molecule has 1 atom stereocenters. The Kier molecular flexibility index (Phi) is 4.63. The number of rotatable bonds is 6. The van der Waals surface area contributed by atoms with Gasteiger partial charge in [-0.15, -0.1) is 11.8 Å². The van der Waals surface area contributed by atoms with E-state index in [0.717, 1.165) is 13.1 Å². The second kappa shape index (κ2) is 6.64. The van der Waals surface area contributed by atoms with Gasteiger partial charge in [0.25, 0.3) is 0 Å². The van der Waals surface area contributed by atoms with Gasteiger partial charge in [-0.25, -0.2) is 0 Å². The van der Waals surface area contributed by atoms with E-state index in [1.807, 2.05) is 18.2 Å². The molecule has 1 aromatic rings. The predicted molar refractivity (Wildman–Crippen MR) is 82.9 cm³/mol. The van der Waals surface area contributed by atoms with Gasteiger partial charge >= 0.3 is 0 Å². The zero-order valence-electron chi connectivity index (χ0n) is 11.8. The average Bonchev–Trinajstić information content (AvgIpc) is 3.20. The molecule has 1 heterocycles. The maximum atomic E-state index is 12.5. The van der Waals surface area contributed by atoms with Gasteiger partial charge in [0, 0.05) is 23.5 Å². The first kappa shape index (κ1) is 14.0. The standard InChI is InChI=1S/C16H22N2OS/c19-16(12-20-15-6-2-1-3-7-15)18(14-8-9-14)11-13-5-4-10-17-13/h1-3,6-7,13-14,17H,4-5,8-12H2. The van der Waals surface area contributed by atoms with Crippen LogP contribution >= 0.6 is 11.8 Å².